The van der Waals surface area contributed by atoms with Gasteiger partial charge in [0.05, 0.1) is 16.8 Å². The Morgan fingerprint density at radius 2 is 2.10 bits per heavy atom. The lowest BCUT2D eigenvalue weighted by Gasteiger charge is -2.09. The predicted octanol–water partition coefficient (Wildman–Crippen LogP) is 1.85. The number of rotatable bonds is 5. The molecule has 0 bridgehead atoms. The minimum atomic E-state index is -3.87. The Kier molecular flexibility index (Phi) is 4.14. The van der Waals surface area contributed by atoms with Crippen LogP contribution >= 0.6 is 0 Å². The number of sulfonamides is 1. The lowest BCUT2D eigenvalue weighted by molar-refractivity contribution is 0.598. The topological polar surface area (TPSA) is 84.0 Å². The first kappa shape index (κ1) is 14.2. The summed E-state index contributed by atoms with van der Waals surface area (Å²) in [5.41, 5.74) is -0.151. The van der Waals surface area contributed by atoms with E-state index in [1.54, 1.807) is 0 Å². The van der Waals surface area contributed by atoms with Crippen LogP contribution in [-0.2, 0) is 10.0 Å². The Bertz CT molecular complexity index is 706. The quantitative estimate of drug-likeness (QED) is 0.879. The van der Waals surface area contributed by atoms with Crippen molar-refractivity contribution in [3.8, 4) is 0 Å². The van der Waals surface area contributed by atoms with Crippen molar-refractivity contribution in [1.29, 1.82) is 0 Å². The van der Waals surface area contributed by atoms with E-state index in [0.717, 1.165) is 6.20 Å². The van der Waals surface area contributed by atoms with E-state index < -0.39 is 15.8 Å². The molecule has 2 aromatic heterocycles. The Hall–Kier alpha value is -2.22. The third-order valence-electron chi connectivity index (χ3n) is 2.42. The van der Waals surface area contributed by atoms with E-state index in [1.165, 1.54) is 30.6 Å². The predicted molar refractivity (Wildman–Crippen MR) is 73.4 cm³/mol. The Labute approximate surface area is 116 Å². The summed E-state index contributed by atoms with van der Waals surface area (Å²) in [6, 6.07) is 3.96. The van der Waals surface area contributed by atoms with E-state index in [4.69, 9.17) is 0 Å². The van der Waals surface area contributed by atoms with Gasteiger partial charge in [-0.2, -0.15) is 0 Å². The Balaban J connectivity index is 2.31. The molecular weight excluding hydrogens is 283 g/mol. The standard InChI is InChI=1S/C12H13FN4O2S/c1-2-15-12-7-9(3-6-16-12)20(18,19)17-11-4-5-14-8-10(11)13/h3-8H,2H2,1H3,(H,14,17)(H,15,16). The summed E-state index contributed by atoms with van der Waals surface area (Å²) >= 11 is 0. The van der Waals surface area contributed by atoms with Gasteiger partial charge in [-0.3, -0.25) is 9.71 Å². The highest BCUT2D eigenvalue weighted by Gasteiger charge is 2.16. The molecule has 0 saturated heterocycles. The molecule has 0 aromatic carbocycles. The molecule has 0 fully saturated rings. The van der Waals surface area contributed by atoms with Gasteiger partial charge in [-0.25, -0.2) is 17.8 Å². The van der Waals surface area contributed by atoms with Crippen LogP contribution < -0.4 is 10.0 Å². The molecule has 0 aliphatic rings. The number of hydrogen-bond acceptors (Lipinski definition) is 5. The first-order chi connectivity index (χ1) is 9.53. The van der Waals surface area contributed by atoms with Gasteiger partial charge in [0, 0.05) is 25.0 Å². The molecule has 8 heteroatoms. The highest BCUT2D eigenvalue weighted by Crippen LogP contribution is 2.19. The summed E-state index contributed by atoms with van der Waals surface area (Å²) < 4.78 is 39.9. The smallest absolute Gasteiger partial charge is 0.262 e. The molecule has 0 radical (unpaired) electrons. The molecule has 2 aromatic rings. The van der Waals surface area contributed by atoms with Gasteiger partial charge in [-0.15, -0.1) is 0 Å². The normalized spacial score (nSPS) is 11.1. The summed E-state index contributed by atoms with van der Waals surface area (Å²) in [6.07, 6.45) is 3.61. The lowest BCUT2D eigenvalue weighted by atomic mass is 10.4. The number of nitrogens with zero attached hydrogens (tertiary/aromatic N) is 2. The molecule has 0 saturated carbocycles. The fraction of sp³-hybridized carbons (Fsp3) is 0.167. The average Bonchev–Trinajstić information content (AvgIpc) is 2.42. The molecule has 0 amide bonds. The molecule has 6 nitrogen and oxygen atoms in total. The Morgan fingerprint density at radius 3 is 2.80 bits per heavy atom. The molecule has 2 rings (SSSR count). The lowest BCUT2D eigenvalue weighted by Crippen LogP contribution is -2.14. The van der Waals surface area contributed by atoms with Crippen LogP contribution in [0.5, 0.6) is 0 Å². The van der Waals surface area contributed by atoms with E-state index in [9.17, 15) is 12.8 Å². The Morgan fingerprint density at radius 1 is 1.30 bits per heavy atom. The van der Waals surface area contributed by atoms with Gasteiger partial charge >= 0.3 is 0 Å². The number of hydrogen-bond donors (Lipinski definition) is 2. The second-order valence-electron chi connectivity index (χ2n) is 3.87. The van der Waals surface area contributed by atoms with Crippen molar-refractivity contribution >= 4 is 21.5 Å². The maximum absolute atomic E-state index is 13.4. The largest absolute Gasteiger partial charge is 0.370 e. The minimum absolute atomic E-state index is 0.000313. The zero-order valence-electron chi connectivity index (χ0n) is 10.7. The van der Waals surface area contributed by atoms with Crippen molar-refractivity contribution in [2.75, 3.05) is 16.6 Å². The summed E-state index contributed by atoms with van der Waals surface area (Å²) in [4.78, 5) is 7.54. The number of anilines is 2. The fourth-order valence-corrected chi connectivity index (χ4v) is 2.60. The van der Waals surface area contributed by atoms with E-state index in [0.29, 0.717) is 12.4 Å². The van der Waals surface area contributed by atoms with Gasteiger partial charge in [0.25, 0.3) is 10.0 Å². The van der Waals surface area contributed by atoms with Gasteiger partial charge < -0.3 is 5.32 Å². The summed E-state index contributed by atoms with van der Waals surface area (Å²) in [7, 11) is -3.87. The molecule has 0 spiro atoms. The van der Waals surface area contributed by atoms with Gasteiger partial charge in [-0.1, -0.05) is 0 Å². The zero-order valence-corrected chi connectivity index (χ0v) is 11.5. The van der Waals surface area contributed by atoms with Crippen molar-refractivity contribution in [1.82, 2.24) is 9.97 Å². The molecule has 2 N–H and O–H groups in total. The number of nitrogens with one attached hydrogen (secondary N) is 2. The molecular formula is C12H13FN4O2S. The maximum Gasteiger partial charge on any atom is 0.262 e. The van der Waals surface area contributed by atoms with Crippen molar-refractivity contribution in [3.63, 3.8) is 0 Å². The van der Waals surface area contributed by atoms with E-state index in [1.807, 2.05) is 6.92 Å². The molecule has 0 atom stereocenters. The van der Waals surface area contributed by atoms with Crippen molar-refractivity contribution in [3.05, 3.63) is 42.6 Å². The molecule has 0 unspecified atom stereocenters. The molecule has 2 heterocycles. The van der Waals surface area contributed by atoms with E-state index >= 15 is 0 Å². The number of pyridine rings is 2. The monoisotopic (exact) mass is 296 g/mol. The van der Waals surface area contributed by atoms with Crippen LogP contribution in [0, 0.1) is 5.82 Å². The van der Waals surface area contributed by atoms with Gasteiger partial charge in [0.2, 0.25) is 0 Å². The van der Waals surface area contributed by atoms with Crippen LogP contribution in [0.15, 0.2) is 41.7 Å². The zero-order chi connectivity index (χ0) is 14.6. The first-order valence-corrected chi connectivity index (χ1v) is 7.33. The van der Waals surface area contributed by atoms with Crippen LogP contribution in [-0.4, -0.2) is 24.9 Å². The molecule has 106 valence electrons. The van der Waals surface area contributed by atoms with Crippen LogP contribution in [0.3, 0.4) is 0 Å². The van der Waals surface area contributed by atoms with Crippen LogP contribution in [0.25, 0.3) is 0 Å². The summed E-state index contributed by atoms with van der Waals surface area (Å²) in [5, 5.41) is 2.91. The molecule has 0 aliphatic heterocycles. The minimum Gasteiger partial charge on any atom is -0.370 e. The van der Waals surface area contributed by atoms with E-state index in [2.05, 4.69) is 20.0 Å². The van der Waals surface area contributed by atoms with Crippen molar-refractivity contribution < 1.29 is 12.8 Å². The third-order valence-corrected chi connectivity index (χ3v) is 3.78. The summed E-state index contributed by atoms with van der Waals surface area (Å²) in [5.74, 6) is -0.303. The maximum atomic E-state index is 13.4. The number of halogens is 1. The third kappa shape index (κ3) is 3.21. The average molecular weight is 296 g/mol. The number of aromatic nitrogens is 2. The van der Waals surface area contributed by atoms with Crippen LogP contribution in [0.1, 0.15) is 6.92 Å². The van der Waals surface area contributed by atoms with Crippen molar-refractivity contribution in [2.45, 2.75) is 11.8 Å². The SMILES string of the molecule is CCNc1cc(S(=O)(=O)Nc2ccncc2F)ccn1. The first-order valence-electron chi connectivity index (χ1n) is 5.85. The second kappa shape index (κ2) is 5.83. The highest BCUT2D eigenvalue weighted by atomic mass is 32.2. The van der Waals surface area contributed by atoms with E-state index in [-0.39, 0.29) is 10.6 Å². The molecule has 20 heavy (non-hydrogen) atoms. The van der Waals surface area contributed by atoms with Crippen molar-refractivity contribution in [2.24, 2.45) is 0 Å². The fourth-order valence-electron chi connectivity index (χ4n) is 1.52. The highest BCUT2D eigenvalue weighted by molar-refractivity contribution is 7.92. The van der Waals surface area contributed by atoms with Crippen LogP contribution in [0.4, 0.5) is 15.9 Å². The van der Waals surface area contributed by atoms with Gasteiger partial charge in [0.15, 0.2) is 5.82 Å². The van der Waals surface area contributed by atoms with Crippen LogP contribution in [0.2, 0.25) is 0 Å². The molecule has 0 aliphatic carbocycles. The summed E-state index contributed by atoms with van der Waals surface area (Å²) in [6.45, 7) is 2.48. The second-order valence-corrected chi connectivity index (χ2v) is 5.55. The van der Waals surface area contributed by atoms with Gasteiger partial charge in [-0.05, 0) is 19.1 Å². The van der Waals surface area contributed by atoms with Gasteiger partial charge in [0.1, 0.15) is 5.82 Å².